The maximum absolute atomic E-state index is 12.8. The SMILES string of the molecule is C/C=C(/C)C(=O)O[C@@H]1[C@@H](O)[C@H](O[C@@H]2[C@H](C(C)C)CC[C@]3(C)[C@@H](O)CC[C@](C)(O)[C@@H]23)O[C@H](CO)[C@H]1OC(=O)/C(C)=C\C. The molecular formula is C31H50O10. The Morgan fingerprint density at radius 2 is 1.51 bits per heavy atom. The zero-order chi connectivity index (χ0) is 30.9. The molecule has 3 aliphatic rings. The Balaban J connectivity index is 2.02. The molecule has 0 bridgehead atoms. The predicted molar refractivity (Wildman–Crippen MR) is 150 cm³/mol. The van der Waals surface area contributed by atoms with Crippen molar-refractivity contribution in [3.05, 3.63) is 23.3 Å². The molecule has 11 atom stereocenters. The highest BCUT2D eigenvalue weighted by Crippen LogP contribution is 2.57. The molecule has 1 saturated heterocycles. The molecule has 10 nitrogen and oxygen atoms in total. The van der Waals surface area contributed by atoms with Gasteiger partial charge in [0.05, 0.1) is 24.4 Å². The van der Waals surface area contributed by atoms with Crippen LogP contribution in [-0.4, -0.2) is 87.5 Å². The first-order valence-corrected chi connectivity index (χ1v) is 14.8. The van der Waals surface area contributed by atoms with Crippen molar-refractivity contribution in [2.45, 2.75) is 130 Å². The lowest BCUT2D eigenvalue weighted by Gasteiger charge is -2.60. The largest absolute Gasteiger partial charge is 0.452 e. The summed E-state index contributed by atoms with van der Waals surface area (Å²) in [6, 6.07) is 0. The van der Waals surface area contributed by atoms with Crippen molar-refractivity contribution in [2.24, 2.45) is 23.2 Å². The first-order chi connectivity index (χ1) is 19.1. The van der Waals surface area contributed by atoms with Gasteiger partial charge in [-0.15, -0.1) is 0 Å². The highest BCUT2D eigenvalue weighted by atomic mass is 16.7. The van der Waals surface area contributed by atoms with Crippen LogP contribution in [0.15, 0.2) is 23.3 Å². The molecule has 2 aliphatic carbocycles. The summed E-state index contributed by atoms with van der Waals surface area (Å²) in [7, 11) is 0. The van der Waals surface area contributed by atoms with E-state index in [1.54, 1.807) is 46.8 Å². The van der Waals surface area contributed by atoms with Crippen LogP contribution in [0.1, 0.15) is 81.1 Å². The molecule has 0 radical (unpaired) electrons. The maximum atomic E-state index is 12.8. The Bertz CT molecular complexity index is 1000. The van der Waals surface area contributed by atoms with E-state index in [1.165, 1.54) is 0 Å². The fourth-order valence-corrected chi connectivity index (χ4v) is 6.92. The third kappa shape index (κ3) is 6.73. The number of carbonyl (C=O) groups excluding carboxylic acids is 2. The van der Waals surface area contributed by atoms with Gasteiger partial charge >= 0.3 is 11.9 Å². The Labute approximate surface area is 243 Å². The Morgan fingerprint density at radius 1 is 0.951 bits per heavy atom. The minimum Gasteiger partial charge on any atom is -0.452 e. The summed E-state index contributed by atoms with van der Waals surface area (Å²) in [5.74, 6) is -1.79. The monoisotopic (exact) mass is 582 g/mol. The van der Waals surface area contributed by atoms with Gasteiger partial charge in [-0.2, -0.15) is 0 Å². The van der Waals surface area contributed by atoms with Gasteiger partial charge in [0.15, 0.2) is 18.5 Å². The zero-order valence-corrected chi connectivity index (χ0v) is 25.7. The van der Waals surface area contributed by atoms with E-state index in [4.69, 9.17) is 18.9 Å². The molecule has 41 heavy (non-hydrogen) atoms. The number of ether oxygens (including phenoxy) is 4. The third-order valence-electron chi connectivity index (χ3n) is 9.77. The number of carbonyl (C=O) groups is 2. The van der Waals surface area contributed by atoms with Gasteiger partial charge in [-0.3, -0.25) is 0 Å². The molecule has 0 aromatic carbocycles. The summed E-state index contributed by atoms with van der Waals surface area (Å²) in [6.45, 7) is 13.7. The highest BCUT2D eigenvalue weighted by Gasteiger charge is 2.61. The maximum Gasteiger partial charge on any atom is 0.333 e. The number of aliphatic hydroxyl groups excluding tert-OH is 3. The quantitative estimate of drug-likeness (QED) is 0.248. The number of esters is 2. The predicted octanol–water partition coefficient (Wildman–Crippen LogP) is 2.80. The number of hydrogen-bond acceptors (Lipinski definition) is 10. The number of allylic oxidation sites excluding steroid dienone is 2. The minimum absolute atomic E-state index is 0.0348. The second-order valence-electron chi connectivity index (χ2n) is 12.8. The molecule has 0 amide bonds. The van der Waals surface area contributed by atoms with Crippen LogP contribution in [0.25, 0.3) is 0 Å². The summed E-state index contributed by atoms with van der Waals surface area (Å²) >= 11 is 0. The molecule has 0 aromatic rings. The smallest absolute Gasteiger partial charge is 0.333 e. The van der Waals surface area contributed by atoms with Crippen molar-refractivity contribution in [1.82, 2.24) is 0 Å². The van der Waals surface area contributed by atoms with E-state index >= 15 is 0 Å². The first-order valence-electron chi connectivity index (χ1n) is 14.8. The van der Waals surface area contributed by atoms with Crippen molar-refractivity contribution in [1.29, 1.82) is 0 Å². The molecule has 3 rings (SSSR count). The molecule has 3 fully saturated rings. The van der Waals surface area contributed by atoms with Crippen LogP contribution in [-0.2, 0) is 28.5 Å². The van der Waals surface area contributed by atoms with E-state index in [0.29, 0.717) is 24.8 Å². The molecule has 4 N–H and O–H groups in total. The molecule has 1 aliphatic heterocycles. The van der Waals surface area contributed by atoms with Gasteiger partial charge in [0.1, 0.15) is 12.2 Å². The molecule has 0 aromatic heterocycles. The van der Waals surface area contributed by atoms with Crippen molar-refractivity contribution >= 4 is 11.9 Å². The lowest BCUT2D eigenvalue weighted by molar-refractivity contribution is -0.339. The van der Waals surface area contributed by atoms with Crippen molar-refractivity contribution in [2.75, 3.05) is 6.61 Å². The van der Waals surface area contributed by atoms with Crippen LogP contribution < -0.4 is 0 Å². The number of hydrogen-bond donors (Lipinski definition) is 4. The molecule has 0 unspecified atom stereocenters. The lowest BCUT2D eigenvalue weighted by Crippen LogP contribution is -2.67. The van der Waals surface area contributed by atoms with Crippen LogP contribution in [0.2, 0.25) is 0 Å². The second-order valence-corrected chi connectivity index (χ2v) is 12.8. The van der Waals surface area contributed by atoms with Crippen LogP contribution in [0.4, 0.5) is 0 Å². The van der Waals surface area contributed by atoms with Crippen LogP contribution >= 0.6 is 0 Å². The second kappa shape index (κ2) is 13.2. The average Bonchev–Trinajstić information content (AvgIpc) is 2.92. The molecular weight excluding hydrogens is 532 g/mol. The number of aliphatic hydroxyl groups is 4. The Hall–Kier alpha value is -1.82. The van der Waals surface area contributed by atoms with Crippen molar-refractivity contribution < 1.29 is 49.0 Å². The van der Waals surface area contributed by atoms with Crippen molar-refractivity contribution in [3.8, 4) is 0 Å². The van der Waals surface area contributed by atoms with Gasteiger partial charge in [0.25, 0.3) is 0 Å². The number of fused-ring (bicyclic) bond motifs is 1. The Morgan fingerprint density at radius 3 is 2.02 bits per heavy atom. The molecule has 0 spiro atoms. The molecule has 2 saturated carbocycles. The summed E-state index contributed by atoms with van der Waals surface area (Å²) in [5.41, 5.74) is -1.21. The Kier molecular flexibility index (Phi) is 10.9. The van der Waals surface area contributed by atoms with Gasteiger partial charge < -0.3 is 39.4 Å². The lowest BCUT2D eigenvalue weighted by atomic mass is 9.50. The van der Waals surface area contributed by atoms with E-state index in [-0.39, 0.29) is 17.4 Å². The van der Waals surface area contributed by atoms with Crippen LogP contribution in [0.3, 0.4) is 0 Å². The van der Waals surface area contributed by atoms with Gasteiger partial charge in [0.2, 0.25) is 0 Å². The summed E-state index contributed by atoms with van der Waals surface area (Å²) in [4.78, 5) is 25.5. The van der Waals surface area contributed by atoms with E-state index in [2.05, 4.69) is 13.8 Å². The standard InChI is InChI=1S/C31H50O10/c1-9-17(5)27(35)39-24-20(15-32)38-29(22(34)25(24)40-28(36)18(6)10-2)41-23-19(16(3)4)11-13-30(7)21(33)12-14-31(8,37)26(23)30/h9-10,16,19-26,29,32-34,37H,11-15H2,1-8H3/b17-9-,18-10-/t19-,20+,21-,22+,23+,24+,25+,26-,29-,30+,31-/m0/s1. The van der Waals surface area contributed by atoms with Crippen LogP contribution in [0, 0.1) is 23.2 Å². The molecule has 234 valence electrons. The minimum atomic E-state index is -1.59. The van der Waals surface area contributed by atoms with Gasteiger partial charge in [-0.05, 0) is 72.1 Å². The van der Waals surface area contributed by atoms with E-state index < -0.39 is 78.4 Å². The first kappa shape index (κ1) is 33.7. The third-order valence-corrected chi connectivity index (χ3v) is 9.77. The fourth-order valence-electron chi connectivity index (χ4n) is 6.92. The summed E-state index contributed by atoms with van der Waals surface area (Å²) < 4.78 is 23.9. The van der Waals surface area contributed by atoms with E-state index in [0.717, 1.165) is 6.42 Å². The fraction of sp³-hybridized carbons (Fsp3) is 0.806. The summed E-state index contributed by atoms with van der Waals surface area (Å²) in [5, 5.41) is 44.6. The van der Waals surface area contributed by atoms with Gasteiger partial charge in [-0.1, -0.05) is 32.9 Å². The van der Waals surface area contributed by atoms with Gasteiger partial charge in [0, 0.05) is 22.5 Å². The van der Waals surface area contributed by atoms with Gasteiger partial charge in [-0.25, -0.2) is 9.59 Å². The molecule has 10 heteroatoms. The van der Waals surface area contributed by atoms with Crippen LogP contribution in [0.5, 0.6) is 0 Å². The highest BCUT2D eigenvalue weighted by molar-refractivity contribution is 5.88. The number of rotatable bonds is 8. The zero-order valence-electron chi connectivity index (χ0n) is 25.7. The normalized spacial score (nSPS) is 42.0. The molecule has 1 heterocycles. The van der Waals surface area contributed by atoms with E-state index in [1.807, 2.05) is 6.92 Å². The average molecular weight is 583 g/mol. The summed E-state index contributed by atoms with van der Waals surface area (Å²) in [6.07, 6.45) is -2.72. The topological polar surface area (TPSA) is 152 Å². The van der Waals surface area contributed by atoms with Crippen molar-refractivity contribution in [3.63, 3.8) is 0 Å². The van der Waals surface area contributed by atoms with E-state index in [9.17, 15) is 30.0 Å².